The van der Waals surface area contributed by atoms with Gasteiger partial charge in [0.1, 0.15) is 5.82 Å². The monoisotopic (exact) mass is 234 g/mol. The fraction of sp³-hybridized carbons (Fsp3) is 0.545. The summed E-state index contributed by atoms with van der Waals surface area (Å²) in [5.41, 5.74) is 0.552. The molecule has 2 heterocycles. The number of aromatic nitrogens is 4. The molecule has 2 aromatic heterocycles. The Morgan fingerprint density at radius 1 is 1.59 bits per heavy atom. The Morgan fingerprint density at radius 2 is 2.35 bits per heavy atom. The molecule has 3 rings (SSSR count). The van der Waals surface area contributed by atoms with Crippen molar-refractivity contribution in [3.63, 3.8) is 0 Å². The van der Waals surface area contributed by atoms with Gasteiger partial charge in [0.2, 0.25) is 5.78 Å². The SMILES string of the molecule is Cn1c(C2CCC2)nn2cc(CC(=O)O)nc12. The van der Waals surface area contributed by atoms with Gasteiger partial charge in [0.05, 0.1) is 18.3 Å². The first-order valence-electron chi connectivity index (χ1n) is 5.78. The number of aryl methyl sites for hydroxylation is 1. The fourth-order valence-electron chi connectivity index (χ4n) is 2.25. The highest BCUT2D eigenvalue weighted by Gasteiger charge is 2.25. The number of hydrogen-bond donors (Lipinski definition) is 1. The van der Waals surface area contributed by atoms with E-state index in [1.54, 1.807) is 10.7 Å². The zero-order valence-corrected chi connectivity index (χ0v) is 9.63. The van der Waals surface area contributed by atoms with Crippen LogP contribution in [-0.4, -0.2) is 30.2 Å². The van der Waals surface area contributed by atoms with Crippen LogP contribution in [0.5, 0.6) is 0 Å². The van der Waals surface area contributed by atoms with E-state index >= 15 is 0 Å². The molecule has 1 saturated carbocycles. The summed E-state index contributed by atoms with van der Waals surface area (Å²) >= 11 is 0. The second-order valence-electron chi connectivity index (χ2n) is 4.59. The Balaban J connectivity index is 1.98. The molecule has 1 N–H and O–H groups in total. The van der Waals surface area contributed by atoms with Crippen LogP contribution in [0.4, 0.5) is 0 Å². The van der Waals surface area contributed by atoms with Gasteiger partial charge >= 0.3 is 5.97 Å². The quantitative estimate of drug-likeness (QED) is 0.858. The molecule has 0 bridgehead atoms. The summed E-state index contributed by atoms with van der Waals surface area (Å²) in [5, 5.41) is 13.2. The van der Waals surface area contributed by atoms with Gasteiger partial charge in [-0.05, 0) is 12.8 Å². The Bertz CT molecular complexity index is 580. The third-order valence-corrected chi connectivity index (χ3v) is 3.38. The van der Waals surface area contributed by atoms with Crippen LogP contribution >= 0.6 is 0 Å². The predicted octanol–water partition coefficient (Wildman–Crippen LogP) is 0.962. The van der Waals surface area contributed by atoms with E-state index in [0.29, 0.717) is 11.6 Å². The van der Waals surface area contributed by atoms with E-state index in [2.05, 4.69) is 10.1 Å². The molecule has 1 aliphatic carbocycles. The average molecular weight is 234 g/mol. The summed E-state index contributed by atoms with van der Waals surface area (Å²) < 4.78 is 3.65. The van der Waals surface area contributed by atoms with E-state index in [-0.39, 0.29) is 6.42 Å². The molecular weight excluding hydrogens is 220 g/mol. The Hall–Kier alpha value is -1.85. The number of hydrogen-bond acceptors (Lipinski definition) is 3. The summed E-state index contributed by atoms with van der Waals surface area (Å²) in [7, 11) is 1.94. The van der Waals surface area contributed by atoms with Gasteiger partial charge in [0.15, 0.2) is 0 Å². The van der Waals surface area contributed by atoms with Crippen molar-refractivity contribution in [2.24, 2.45) is 7.05 Å². The predicted molar refractivity (Wildman–Crippen MR) is 59.9 cm³/mol. The highest BCUT2D eigenvalue weighted by molar-refractivity contribution is 5.69. The average Bonchev–Trinajstić information content (AvgIpc) is 2.65. The molecular formula is C11H14N4O2. The minimum Gasteiger partial charge on any atom is -0.481 e. The number of imidazole rings is 1. The molecule has 1 fully saturated rings. The van der Waals surface area contributed by atoms with Crippen molar-refractivity contribution >= 4 is 11.7 Å². The van der Waals surface area contributed by atoms with Crippen LogP contribution in [0.1, 0.15) is 36.7 Å². The standard InChI is InChI=1S/C11H14N4O2/c1-14-10(7-3-2-4-7)13-15-6-8(5-9(16)17)12-11(14)15/h6-7H,2-5H2,1H3,(H,16,17). The second kappa shape index (κ2) is 3.58. The summed E-state index contributed by atoms with van der Waals surface area (Å²) in [6.07, 6.45) is 5.30. The molecule has 0 unspecified atom stereocenters. The van der Waals surface area contributed by atoms with Gasteiger partial charge in [0.25, 0.3) is 0 Å². The molecule has 0 radical (unpaired) electrons. The number of nitrogens with zero attached hydrogens (tertiary/aromatic N) is 4. The van der Waals surface area contributed by atoms with Crippen LogP contribution in [0.2, 0.25) is 0 Å². The molecule has 0 amide bonds. The van der Waals surface area contributed by atoms with Gasteiger partial charge in [-0.2, -0.15) is 5.10 Å². The summed E-state index contributed by atoms with van der Waals surface area (Å²) in [6.45, 7) is 0. The summed E-state index contributed by atoms with van der Waals surface area (Å²) in [5.74, 6) is 1.46. The zero-order valence-electron chi connectivity index (χ0n) is 9.63. The van der Waals surface area contributed by atoms with Crippen LogP contribution in [0.3, 0.4) is 0 Å². The van der Waals surface area contributed by atoms with Crippen LogP contribution < -0.4 is 0 Å². The van der Waals surface area contributed by atoms with Crippen LogP contribution in [0.15, 0.2) is 6.20 Å². The highest BCUT2D eigenvalue weighted by Crippen LogP contribution is 2.35. The molecule has 1 aliphatic rings. The van der Waals surface area contributed by atoms with Gasteiger partial charge in [-0.3, -0.25) is 9.36 Å². The van der Waals surface area contributed by atoms with E-state index in [1.807, 2.05) is 11.6 Å². The lowest BCUT2D eigenvalue weighted by Crippen LogP contribution is -2.14. The molecule has 0 atom stereocenters. The molecule has 2 aromatic rings. The van der Waals surface area contributed by atoms with Crippen molar-refractivity contribution < 1.29 is 9.90 Å². The maximum Gasteiger partial charge on any atom is 0.309 e. The van der Waals surface area contributed by atoms with E-state index in [1.165, 1.54) is 19.3 Å². The number of carboxylic acids is 1. The molecule has 6 nitrogen and oxygen atoms in total. The normalized spacial score (nSPS) is 16.3. The topological polar surface area (TPSA) is 72.4 Å². The Labute approximate surface area is 97.9 Å². The third-order valence-electron chi connectivity index (χ3n) is 3.38. The van der Waals surface area contributed by atoms with Crippen LogP contribution in [-0.2, 0) is 18.3 Å². The van der Waals surface area contributed by atoms with Crippen molar-refractivity contribution in [1.29, 1.82) is 0 Å². The first kappa shape index (κ1) is 10.3. The third kappa shape index (κ3) is 1.60. The minimum atomic E-state index is -0.868. The molecule has 6 heteroatoms. The summed E-state index contributed by atoms with van der Waals surface area (Å²) in [4.78, 5) is 14.9. The van der Waals surface area contributed by atoms with Gasteiger partial charge in [-0.1, -0.05) is 6.42 Å². The van der Waals surface area contributed by atoms with Crippen LogP contribution in [0, 0.1) is 0 Å². The number of carbonyl (C=O) groups is 1. The molecule has 17 heavy (non-hydrogen) atoms. The van der Waals surface area contributed by atoms with Crippen molar-refractivity contribution in [2.45, 2.75) is 31.6 Å². The second-order valence-corrected chi connectivity index (χ2v) is 4.59. The van der Waals surface area contributed by atoms with Crippen LogP contribution in [0.25, 0.3) is 5.78 Å². The fourth-order valence-corrected chi connectivity index (χ4v) is 2.25. The van der Waals surface area contributed by atoms with Crippen molar-refractivity contribution in [1.82, 2.24) is 19.2 Å². The maximum atomic E-state index is 10.6. The van der Waals surface area contributed by atoms with E-state index in [0.717, 1.165) is 11.6 Å². The number of fused-ring (bicyclic) bond motifs is 1. The van der Waals surface area contributed by atoms with E-state index in [9.17, 15) is 4.79 Å². The minimum absolute atomic E-state index is 0.0535. The number of aliphatic carboxylic acids is 1. The molecule has 90 valence electrons. The van der Waals surface area contributed by atoms with Gasteiger partial charge in [-0.15, -0.1) is 0 Å². The van der Waals surface area contributed by atoms with Crippen molar-refractivity contribution in [3.8, 4) is 0 Å². The van der Waals surface area contributed by atoms with Crippen molar-refractivity contribution in [2.75, 3.05) is 0 Å². The lowest BCUT2D eigenvalue weighted by atomic mass is 9.85. The number of rotatable bonds is 3. The smallest absolute Gasteiger partial charge is 0.309 e. The zero-order chi connectivity index (χ0) is 12.0. The molecule has 0 saturated heterocycles. The van der Waals surface area contributed by atoms with Gasteiger partial charge < -0.3 is 5.11 Å². The maximum absolute atomic E-state index is 10.6. The van der Waals surface area contributed by atoms with Crippen molar-refractivity contribution in [3.05, 3.63) is 17.7 Å². The molecule has 0 spiro atoms. The Morgan fingerprint density at radius 3 is 2.88 bits per heavy atom. The first-order valence-corrected chi connectivity index (χ1v) is 5.78. The Kier molecular flexibility index (Phi) is 2.17. The van der Waals surface area contributed by atoms with E-state index in [4.69, 9.17) is 5.11 Å². The lowest BCUT2D eigenvalue weighted by Gasteiger charge is -2.23. The number of carboxylic acid groups (broad SMARTS) is 1. The van der Waals surface area contributed by atoms with E-state index < -0.39 is 5.97 Å². The highest BCUT2D eigenvalue weighted by atomic mass is 16.4. The molecule has 0 aromatic carbocycles. The lowest BCUT2D eigenvalue weighted by molar-refractivity contribution is -0.136. The first-order chi connectivity index (χ1) is 8.15. The summed E-state index contributed by atoms with van der Waals surface area (Å²) in [6, 6.07) is 0. The molecule has 0 aliphatic heterocycles. The van der Waals surface area contributed by atoms with Gasteiger partial charge in [0, 0.05) is 13.0 Å². The largest absolute Gasteiger partial charge is 0.481 e. The van der Waals surface area contributed by atoms with Gasteiger partial charge in [-0.25, -0.2) is 9.50 Å².